The van der Waals surface area contributed by atoms with E-state index in [2.05, 4.69) is 10.4 Å². The van der Waals surface area contributed by atoms with Crippen LogP contribution in [-0.4, -0.2) is 27.8 Å². The predicted octanol–water partition coefficient (Wildman–Crippen LogP) is 2.49. The van der Waals surface area contributed by atoms with E-state index in [0.717, 1.165) is 24.1 Å². The van der Waals surface area contributed by atoms with E-state index in [4.69, 9.17) is 5.73 Å². The molecule has 5 heteroatoms. The van der Waals surface area contributed by atoms with Gasteiger partial charge < -0.3 is 11.1 Å². The van der Waals surface area contributed by atoms with Crippen LogP contribution in [0.5, 0.6) is 0 Å². The number of carbonyl (C=O) groups excluding carboxylic acids is 1. The Morgan fingerprint density at radius 3 is 2.52 bits per heavy atom. The molecule has 0 atom stereocenters. The van der Waals surface area contributed by atoms with Crippen LogP contribution in [-0.2, 0) is 6.54 Å². The number of hydrogen-bond acceptors (Lipinski definition) is 3. The lowest BCUT2D eigenvalue weighted by atomic mass is 9.94. The van der Waals surface area contributed by atoms with Crippen LogP contribution in [0, 0.1) is 6.92 Å². The predicted molar refractivity (Wildman–Crippen MR) is 92.3 cm³/mol. The van der Waals surface area contributed by atoms with E-state index in [1.54, 1.807) is 6.20 Å². The van der Waals surface area contributed by atoms with Gasteiger partial charge in [-0.25, -0.2) is 0 Å². The van der Waals surface area contributed by atoms with E-state index < -0.39 is 0 Å². The quantitative estimate of drug-likeness (QED) is 0.824. The molecule has 5 nitrogen and oxygen atoms in total. The maximum atomic E-state index is 12.4. The molecule has 1 amide bonds. The van der Waals surface area contributed by atoms with Gasteiger partial charge >= 0.3 is 0 Å². The number of nitrogens with one attached hydrogen (secondary N) is 1. The van der Waals surface area contributed by atoms with Crippen molar-refractivity contribution in [2.24, 2.45) is 5.73 Å². The molecule has 0 spiro atoms. The zero-order valence-electron chi connectivity index (χ0n) is 14.2. The second-order valence-electron chi connectivity index (χ2n) is 6.04. The Kier molecular flexibility index (Phi) is 5.55. The zero-order chi connectivity index (χ0) is 16.9. The molecular weight excluding hydrogens is 288 g/mol. The molecule has 0 saturated carbocycles. The van der Waals surface area contributed by atoms with Gasteiger partial charge in [-0.3, -0.25) is 9.48 Å². The van der Waals surface area contributed by atoms with Gasteiger partial charge in [0.2, 0.25) is 0 Å². The summed E-state index contributed by atoms with van der Waals surface area (Å²) in [5, 5.41) is 7.28. The number of benzene rings is 1. The molecule has 0 fully saturated rings. The summed E-state index contributed by atoms with van der Waals surface area (Å²) < 4.78 is 1.85. The molecule has 0 aliphatic heterocycles. The zero-order valence-corrected chi connectivity index (χ0v) is 14.2. The fourth-order valence-corrected chi connectivity index (χ4v) is 2.44. The summed E-state index contributed by atoms with van der Waals surface area (Å²) in [7, 11) is 0. The first-order valence-corrected chi connectivity index (χ1v) is 8.12. The van der Waals surface area contributed by atoms with E-state index in [9.17, 15) is 4.79 Å². The molecule has 1 aromatic heterocycles. The first-order valence-electron chi connectivity index (χ1n) is 8.12. The summed E-state index contributed by atoms with van der Waals surface area (Å²) in [6.45, 7) is 7.13. The maximum Gasteiger partial charge on any atom is 0.254 e. The molecule has 1 heterocycles. The van der Waals surface area contributed by atoms with Crippen molar-refractivity contribution < 1.29 is 4.79 Å². The SMILES string of the molecule is CCC(N)(CC)CNC(=O)c1cnn(Cc2ccccc2)c1C. The van der Waals surface area contributed by atoms with Crippen LogP contribution in [0.2, 0.25) is 0 Å². The minimum absolute atomic E-state index is 0.112. The highest BCUT2D eigenvalue weighted by Crippen LogP contribution is 2.12. The van der Waals surface area contributed by atoms with Crippen molar-refractivity contribution >= 4 is 5.91 Å². The lowest BCUT2D eigenvalue weighted by molar-refractivity contribution is 0.0941. The molecule has 124 valence electrons. The molecule has 23 heavy (non-hydrogen) atoms. The van der Waals surface area contributed by atoms with Gasteiger partial charge in [0.25, 0.3) is 5.91 Å². The Bertz CT molecular complexity index is 644. The number of nitrogens with zero attached hydrogens (tertiary/aromatic N) is 2. The summed E-state index contributed by atoms with van der Waals surface area (Å²) >= 11 is 0. The van der Waals surface area contributed by atoms with Crippen molar-refractivity contribution in [3.63, 3.8) is 0 Å². The topological polar surface area (TPSA) is 72.9 Å². The van der Waals surface area contributed by atoms with Crippen LogP contribution < -0.4 is 11.1 Å². The third-order valence-electron chi connectivity index (χ3n) is 4.53. The van der Waals surface area contributed by atoms with Crippen molar-refractivity contribution in [1.82, 2.24) is 15.1 Å². The number of rotatable bonds is 7. The van der Waals surface area contributed by atoms with E-state index in [1.807, 2.05) is 55.8 Å². The molecule has 0 unspecified atom stereocenters. The van der Waals surface area contributed by atoms with E-state index in [1.165, 1.54) is 0 Å². The maximum absolute atomic E-state index is 12.4. The second kappa shape index (κ2) is 7.42. The van der Waals surface area contributed by atoms with Crippen LogP contribution in [0.4, 0.5) is 0 Å². The molecule has 2 aromatic rings. The molecule has 3 N–H and O–H groups in total. The molecule has 2 rings (SSSR count). The number of hydrogen-bond donors (Lipinski definition) is 2. The molecule has 1 aromatic carbocycles. The Morgan fingerprint density at radius 1 is 1.26 bits per heavy atom. The van der Waals surface area contributed by atoms with Gasteiger partial charge in [0, 0.05) is 17.8 Å². The Balaban J connectivity index is 2.05. The van der Waals surface area contributed by atoms with Crippen LogP contribution in [0.25, 0.3) is 0 Å². The van der Waals surface area contributed by atoms with Crippen molar-refractivity contribution in [2.45, 2.75) is 45.7 Å². The Morgan fingerprint density at radius 2 is 1.91 bits per heavy atom. The lowest BCUT2D eigenvalue weighted by Gasteiger charge is -2.26. The highest BCUT2D eigenvalue weighted by Gasteiger charge is 2.22. The Labute approximate surface area is 137 Å². The van der Waals surface area contributed by atoms with Gasteiger partial charge in [-0.1, -0.05) is 44.2 Å². The monoisotopic (exact) mass is 314 g/mol. The van der Waals surface area contributed by atoms with Gasteiger partial charge in [0.05, 0.1) is 18.3 Å². The summed E-state index contributed by atoms with van der Waals surface area (Å²) in [6.07, 6.45) is 3.29. The summed E-state index contributed by atoms with van der Waals surface area (Å²) in [6, 6.07) is 10.1. The van der Waals surface area contributed by atoms with Crippen molar-refractivity contribution in [1.29, 1.82) is 0 Å². The summed E-state index contributed by atoms with van der Waals surface area (Å²) in [5.41, 5.74) is 8.52. The highest BCUT2D eigenvalue weighted by molar-refractivity contribution is 5.95. The van der Waals surface area contributed by atoms with Crippen molar-refractivity contribution in [2.75, 3.05) is 6.54 Å². The lowest BCUT2D eigenvalue weighted by Crippen LogP contribution is -2.49. The van der Waals surface area contributed by atoms with E-state index in [0.29, 0.717) is 18.7 Å². The first kappa shape index (κ1) is 17.2. The van der Waals surface area contributed by atoms with Crippen LogP contribution >= 0.6 is 0 Å². The van der Waals surface area contributed by atoms with Crippen LogP contribution in [0.15, 0.2) is 36.5 Å². The summed E-state index contributed by atoms with van der Waals surface area (Å²) in [5.74, 6) is -0.112. The molecular formula is C18H26N4O. The molecule has 0 aliphatic rings. The van der Waals surface area contributed by atoms with E-state index >= 15 is 0 Å². The third-order valence-corrected chi connectivity index (χ3v) is 4.53. The fraction of sp³-hybridized carbons (Fsp3) is 0.444. The second-order valence-corrected chi connectivity index (χ2v) is 6.04. The number of amides is 1. The largest absolute Gasteiger partial charge is 0.350 e. The van der Waals surface area contributed by atoms with Gasteiger partial charge in [-0.2, -0.15) is 5.10 Å². The summed E-state index contributed by atoms with van der Waals surface area (Å²) in [4.78, 5) is 12.4. The smallest absolute Gasteiger partial charge is 0.254 e. The molecule has 0 saturated heterocycles. The molecule has 0 bridgehead atoms. The van der Waals surface area contributed by atoms with Gasteiger partial charge in [0.15, 0.2) is 0 Å². The standard InChI is InChI=1S/C18H26N4O/c1-4-18(19,5-2)13-20-17(23)16-11-21-22(14(16)3)12-15-9-7-6-8-10-15/h6-11H,4-5,12-13,19H2,1-3H3,(H,20,23). The van der Waals surface area contributed by atoms with Crippen molar-refractivity contribution in [3.8, 4) is 0 Å². The first-order chi connectivity index (χ1) is 11.0. The van der Waals surface area contributed by atoms with Crippen LogP contribution in [0.1, 0.15) is 48.3 Å². The minimum Gasteiger partial charge on any atom is -0.350 e. The average molecular weight is 314 g/mol. The van der Waals surface area contributed by atoms with E-state index in [-0.39, 0.29) is 11.4 Å². The Hall–Kier alpha value is -2.14. The number of nitrogens with two attached hydrogens (primary N) is 1. The minimum atomic E-state index is -0.344. The molecule has 0 aliphatic carbocycles. The average Bonchev–Trinajstić information content (AvgIpc) is 2.94. The van der Waals surface area contributed by atoms with Crippen LogP contribution in [0.3, 0.4) is 0 Å². The number of carbonyl (C=O) groups is 1. The van der Waals surface area contributed by atoms with Gasteiger partial charge in [-0.15, -0.1) is 0 Å². The van der Waals surface area contributed by atoms with Crippen molar-refractivity contribution in [3.05, 3.63) is 53.3 Å². The highest BCUT2D eigenvalue weighted by atomic mass is 16.1. The number of aromatic nitrogens is 2. The normalized spacial score (nSPS) is 11.5. The molecule has 0 radical (unpaired) electrons. The van der Waals surface area contributed by atoms with Gasteiger partial charge in [0.1, 0.15) is 0 Å². The van der Waals surface area contributed by atoms with Gasteiger partial charge in [-0.05, 0) is 25.3 Å². The third kappa shape index (κ3) is 4.20. The fourth-order valence-electron chi connectivity index (χ4n) is 2.44.